The molecule has 2 heterocycles. The van der Waals surface area contributed by atoms with Crippen molar-refractivity contribution in [1.29, 1.82) is 0 Å². The third kappa shape index (κ3) is 3.89. The van der Waals surface area contributed by atoms with E-state index in [9.17, 15) is 4.79 Å². The van der Waals surface area contributed by atoms with Gasteiger partial charge in [-0.3, -0.25) is 0 Å². The number of ether oxygens (including phenoxy) is 3. The van der Waals surface area contributed by atoms with Crippen LogP contribution in [0.2, 0.25) is 5.02 Å². The van der Waals surface area contributed by atoms with Crippen LogP contribution < -0.4 is 4.74 Å². The monoisotopic (exact) mass is 387 g/mol. The first-order valence-corrected chi connectivity index (χ1v) is 9.46. The molecule has 0 unspecified atom stereocenters. The van der Waals surface area contributed by atoms with Crippen molar-refractivity contribution in [3.8, 4) is 5.75 Å². The molecule has 142 valence electrons. The van der Waals surface area contributed by atoms with Crippen LogP contribution in [-0.2, 0) is 27.5 Å². The van der Waals surface area contributed by atoms with Gasteiger partial charge in [0.25, 0.3) is 0 Å². The SMILES string of the molecule is Cc1cc(/C=C/C(=O)OCc2cc(Cl)cc3c2OCOC3)c(C)n1C1CC1. The highest BCUT2D eigenvalue weighted by Gasteiger charge is 2.26. The zero-order valence-electron chi connectivity index (χ0n) is 15.5. The second-order valence-electron chi connectivity index (χ2n) is 7.03. The lowest BCUT2D eigenvalue weighted by atomic mass is 10.1. The maximum atomic E-state index is 12.2. The van der Waals surface area contributed by atoms with Gasteiger partial charge in [-0.2, -0.15) is 0 Å². The van der Waals surface area contributed by atoms with Crippen molar-refractivity contribution in [2.45, 2.75) is 45.9 Å². The second kappa shape index (κ2) is 7.41. The molecule has 2 aromatic rings. The molecule has 6 heteroatoms. The third-order valence-corrected chi connectivity index (χ3v) is 5.17. The Morgan fingerprint density at radius 1 is 1.33 bits per heavy atom. The predicted octanol–water partition coefficient (Wildman–Crippen LogP) is 4.72. The normalized spacial score (nSPS) is 16.3. The Balaban J connectivity index is 1.43. The number of hydrogen-bond donors (Lipinski definition) is 0. The fourth-order valence-corrected chi connectivity index (χ4v) is 3.85. The van der Waals surface area contributed by atoms with Crippen LogP contribution in [0, 0.1) is 13.8 Å². The highest BCUT2D eigenvalue weighted by Crippen LogP contribution is 2.38. The molecular formula is C21H22ClNO4. The van der Waals surface area contributed by atoms with E-state index in [0.29, 0.717) is 23.4 Å². The van der Waals surface area contributed by atoms with E-state index in [4.69, 9.17) is 25.8 Å². The molecule has 1 saturated carbocycles. The van der Waals surface area contributed by atoms with Gasteiger partial charge in [-0.05, 0) is 56.5 Å². The van der Waals surface area contributed by atoms with E-state index in [1.807, 2.05) is 6.08 Å². The van der Waals surface area contributed by atoms with Gasteiger partial charge in [0.05, 0.1) is 6.61 Å². The maximum Gasteiger partial charge on any atom is 0.331 e. The summed E-state index contributed by atoms with van der Waals surface area (Å²) < 4.78 is 18.5. The van der Waals surface area contributed by atoms with E-state index in [1.165, 1.54) is 30.3 Å². The largest absolute Gasteiger partial charge is 0.467 e. The number of halogens is 1. The van der Waals surface area contributed by atoms with Gasteiger partial charge in [-0.1, -0.05) is 11.6 Å². The van der Waals surface area contributed by atoms with E-state index in [-0.39, 0.29) is 13.4 Å². The van der Waals surface area contributed by atoms with E-state index < -0.39 is 5.97 Å². The summed E-state index contributed by atoms with van der Waals surface area (Å²) in [5, 5.41) is 0.567. The van der Waals surface area contributed by atoms with Gasteiger partial charge >= 0.3 is 5.97 Å². The molecule has 0 bridgehead atoms. The van der Waals surface area contributed by atoms with E-state index in [1.54, 1.807) is 12.1 Å². The lowest BCUT2D eigenvalue weighted by Gasteiger charge is -2.20. The Bertz CT molecular complexity index is 911. The molecule has 1 aromatic heterocycles. The van der Waals surface area contributed by atoms with Gasteiger partial charge in [-0.25, -0.2) is 4.79 Å². The third-order valence-electron chi connectivity index (χ3n) is 4.96. The molecule has 0 atom stereocenters. The number of aromatic nitrogens is 1. The minimum atomic E-state index is -0.396. The lowest BCUT2D eigenvalue weighted by molar-refractivity contribution is -0.139. The van der Waals surface area contributed by atoms with E-state index in [0.717, 1.165) is 16.7 Å². The zero-order chi connectivity index (χ0) is 19.0. The Morgan fingerprint density at radius 2 is 2.15 bits per heavy atom. The highest BCUT2D eigenvalue weighted by atomic mass is 35.5. The molecule has 1 aliphatic heterocycles. The van der Waals surface area contributed by atoms with E-state index >= 15 is 0 Å². The Morgan fingerprint density at radius 3 is 2.93 bits per heavy atom. The number of esters is 1. The molecule has 0 N–H and O–H groups in total. The number of rotatable bonds is 5. The molecular weight excluding hydrogens is 366 g/mol. The Labute approximate surface area is 163 Å². The van der Waals surface area contributed by atoms with Crippen molar-refractivity contribution in [3.05, 3.63) is 57.4 Å². The summed E-state index contributed by atoms with van der Waals surface area (Å²) in [4.78, 5) is 12.2. The van der Waals surface area contributed by atoms with Crippen molar-refractivity contribution in [1.82, 2.24) is 4.57 Å². The fraction of sp³-hybridized carbons (Fsp3) is 0.381. The first-order chi connectivity index (χ1) is 13.0. The first kappa shape index (κ1) is 18.1. The number of carbonyl (C=O) groups excluding carboxylic acids is 1. The van der Waals surface area contributed by atoms with Crippen LogP contribution in [0.4, 0.5) is 0 Å². The van der Waals surface area contributed by atoms with Crippen LogP contribution in [-0.4, -0.2) is 17.3 Å². The molecule has 0 spiro atoms. The number of carbonyl (C=O) groups is 1. The van der Waals surface area contributed by atoms with Crippen LogP contribution in [0.25, 0.3) is 6.08 Å². The Hall–Kier alpha value is -2.24. The fourth-order valence-electron chi connectivity index (χ4n) is 3.58. The minimum Gasteiger partial charge on any atom is -0.467 e. The van der Waals surface area contributed by atoms with Gasteiger partial charge in [-0.15, -0.1) is 0 Å². The summed E-state index contributed by atoms with van der Waals surface area (Å²) in [5.74, 6) is 0.294. The number of hydrogen-bond acceptors (Lipinski definition) is 4. The van der Waals surface area contributed by atoms with Crippen LogP contribution in [0.1, 0.15) is 47.0 Å². The van der Waals surface area contributed by atoms with Crippen LogP contribution in [0.3, 0.4) is 0 Å². The topological polar surface area (TPSA) is 49.7 Å². The molecule has 1 aliphatic carbocycles. The summed E-state index contributed by atoms with van der Waals surface area (Å²) in [6.07, 6.45) is 5.76. The standard InChI is InChI=1S/C21H22ClNO4/c1-13-7-15(14(2)23(13)19-4-5-19)3-6-20(24)26-11-17-9-18(22)8-16-10-25-12-27-21(16)17/h3,6-9,19H,4-5,10-12H2,1-2H3/b6-3+. The van der Waals surface area contributed by atoms with Crippen molar-refractivity contribution < 1.29 is 19.0 Å². The van der Waals surface area contributed by atoms with Crippen molar-refractivity contribution >= 4 is 23.6 Å². The van der Waals surface area contributed by atoms with Crippen molar-refractivity contribution in [3.63, 3.8) is 0 Å². The van der Waals surface area contributed by atoms with Crippen molar-refractivity contribution in [2.75, 3.05) is 6.79 Å². The maximum absolute atomic E-state index is 12.2. The summed E-state index contributed by atoms with van der Waals surface area (Å²) in [5.41, 5.74) is 5.08. The van der Waals surface area contributed by atoms with Crippen molar-refractivity contribution in [2.24, 2.45) is 0 Å². The van der Waals surface area contributed by atoms with E-state index in [2.05, 4.69) is 24.5 Å². The summed E-state index contributed by atoms with van der Waals surface area (Å²) >= 11 is 6.14. The zero-order valence-corrected chi connectivity index (χ0v) is 16.2. The molecule has 0 saturated heterocycles. The smallest absolute Gasteiger partial charge is 0.331 e. The van der Waals surface area contributed by atoms with Gasteiger partial charge in [0, 0.05) is 39.7 Å². The number of fused-ring (bicyclic) bond motifs is 1. The number of benzene rings is 1. The average molecular weight is 388 g/mol. The molecule has 0 radical (unpaired) electrons. The summed E-state index contributed by atoms with van der Waals surface area (Å²) in [6.45, 7) is 4.92. The van der Waals surface area contributed by atoms with Gasteiger partial charge in [0.15, 0.2) is 6.79 Å². The summed E-state index contributed by atoms with van der Waals surface area (Å²) in [7, 11) is 0. The van der Waals surface area contributed by atoms with Gasteiger partial charge in [0.1, 0.15) is 12.4 Å². The molecule has 2 aliphatic rings. The van der Waals surface area contributed by atoms with Gasteiger partial charge < -0.3 is 18.8 Å². The predicted molar refractivity (Wildman–Crippen MR) is 103 cm³/mol. The molecule has 0 amide bonds. The minimum absolute atomic E-state index is 0.104. The first-order valence-electron chi connectivity index (χ1n) is 9.08. The van der Waals surface area contributed by atoms with Gasteiger partial charge in [0.2, 0.25) is 0 Å². The molecule has 1 fully saturated rings. The number of aryl methyl sites for hydroxylation is 1. The van der Waals surface area contributed by atoms with Crippen LogP contribution in [0.5, 0.6) is 5.75 Å². The second-order valence-corrected chi connectivity index (χ2v) is 7.47. The average Bonchev–Trinajstić information content (AvgIpc) is 3.43. The van der Waals surface area contributed by atoms with Crippen LogP contribution >= 0.6 is 11.6 Å². The quantitative estimate of drug-likeness (QED) is 0.550. The lowest BCUT2D eigenvalue weighted by Crippen LogP contribution is -2.14. The molecule has 4 rings (SSSR count). The van der Waals surface area contributed by atoms with Crippen LogP contribution in [0.15, 0.2) is 24.3 Å². The Kier molecular flexibility index (Phi) is 4.98. The molecule has 5 nitrogen and oxygen atoms in total. The number of nitrogens with zero attached hydrogens (tertiary/aromatic N) is 1. The molecule has 1 aromatic carbocycles. The highest BCUT2D eigenvalue weighted by molar-refractivity contribution is 6.30. The molecule has 27 heavy (non-hydrogen) atoms. The summed E-state index contributed by atoms with van der Waals surface area (Å²) in [6, 6.07) is 6.29.